The standard InChI is InChI=1S/C9H8FNO4/c10-6-3-4(8(12)13)1-2-5(6)7(11)9(14)15/h1-3,7H,11H2,(H,12,13)(H,14,15). The van der Waals surface area contributed by atoms with Crippen LogP contribution in [0.5, 0.6) is 0 Å². The number of carbonyl (C=O) groups is 2. The molecule has 15 heavy (non-hydrogen) atoms. The molecule has 6 heteroatoms. The number of hydrogen-bond donors (Lipinski definition) is 3. The van der Waals surface area contributed by atoms with Crippen LogP contribution in [0.25, 0.3) is 0 Å². The molecule has 1 atom stereocenters. The second-order valence-electron chi connectivity index (χ2n) is 2.86. The second-order valence-corrected chi connectivity index (χ2v) is 2.86. The van der Waals surface area contributed by atoms with E-state index < -0.39 is 23.8 Å². The van der Waals surface area contributed by atoms with E-state index in [0.29, 0.717) is 0 Å². The van der Waals surface area contributed by atoms with Crippen molar-refractivity contribution in [1.29, 1.82) is 0 Å². The Labute approximate surface area is 83.9 Å². The van der Waals surface area contributed by atoms with E-state index in [0.717, 1.165) is 18.2 Å². The highest BCUT2D eigenvalue weighted by molar-refractivity contribution is 5.87. The van der Waals surface area contributed by atoms with Gasteiger partial charge in [-0.3, -0.25) is 4.79 Å². The van der Waals surface area contributed by atoms with Crippen molar-refractivity contribution in [2.75, 3.05) is 0 Å². The van der Waals surface area contributed by atoms with Gasteiger partial charge in [0.1, 0.15) is 11.9 Å². The van der Waals surface area contributed by atoms with Crippen molar-refractivity contribution < 1.29 is 24.2 Å². The lowest BCUT2D eigenvalue weighted by Gasteiger charge is -2.08. The number of carboxylic acid groups (broad SMARTS) is 2. The molecule has 80 valence electrons. The summed E-state index contributed by atoms with van der Waals surface area (Å²) in [6, 6.07) is 1.40. The average molecular weight is 213 g/mol. The lowest BCUT2D eigenvalue weighted by molar-refractivity contribution is -0.138. The highest BCUT2D eigenvalue weighted by atomic mass is 19.1. The molecule has 0 fully saturated rings. The molecule has 0 saturated heterocycles. The Kier molecular flexibility index (Phi) is 3.01. The van der Waals surface area contributed by atoms with Crippen LogP contribution < -0.4 is 5.73 Å². The first-order chi connectivity index (χ1) is 6.93. The summed E-state index contributed by atoms with van der Waals surface area (Å²) < 4.78 is 13.2. The molecule has 0 spiro atoms. The summed E-state index contributed by atoms with van der Waals surface area (Å²) in [6.45, 7) is 0. The van der Waals surface area contributed by atoms with Gasteiger partial charge in [-0.05, 0) is 12.1 Å². The van der Waals surface area contributed by atoms with E-state index in [4.69, 9.17) is 15.9 Å². The van der Waals surface area contributed by atoms with Crippen molar-refractivity contribution in [3.05, 3.63) is 35.1 Å². The zero-order valence-electron chi connectivity index (χ0n) is 7.48. The van der Waals surface area contributed by atoms with E-state index in [2.05, 4.69) is 0 Å². The van der Waals surface area contributed by atoms with Gasteiger partial charge in [0.05, 0.1) is 5.56 Å². The SMILES string of the molecule is NC(C(=O)O)c1ccc(C(=O)O)cc1F. The van der Waals surface area contributed by atoms with Crippen molar-refractivity contribution >= 4 is 11.9 Å². The summed E-state index contributed by atoms with van der Waals surface area (Å²) in [5.41, 5.74) is 4.68. The van der Waals surface area contributed by atoms with Gasteiger partial charge in [0, 0.05) is 5.56 Å². The van der Waals surface area contributed by atoms with Gasteiger partial charge in [-0.2, -0.15) is 0 Å². The Hall–Kier alpha value is -1.95. The van der Waals surface area contributed by atoms with Crippen LogP contribution in [-0.2, 0) is 4.79 Å². The fraction of sp³-hybridized carbons (Fsp3) is 0.111. The molecule has 0 aliphatic heterocycles. The zero-order chi connectivity index (χ0) is 11.6. The minimum absolute atomic E-state index is 0.243. The Morgan fingerprint density at radius 3 is 2.33 bits per heavy atom. The molecule has 1 aromatic rings. The Balaban J connectivity index is 3.13. The maximum Gasteiger partial charge on any atom is 0.335 e. The topological polar surface area (TPSA) is 101 Å². The van der Waals surface area contributed by atoms with Crippen LogP contribution in [-0.4, -0.2) is 22.2 Å². The van der Waals surface area contributed by atoms with Crippen LogP contribution in [0.1, 0.15) is 22.0 Å². The lowest BCUT2D eigenvalue weighted by atomic mass is 10.0. The monoisotopic (exact) mass is 213 g/mol. The molecule has 0 amide bonds. The zero-order valence-corrected chi connectivity index (χ0v) is 7.48. The first kappa shape index (κ1) is 11.1. The smallest absolute Gasteiger partial charge is 0.335 e. The molecule has 0 bridgehead atoms. The normalized spacial score (nSPS) is 12.1. The molecule has 1 unspecified atom stereocenters. The summed E-state index contributed by atoms with van der Waals surface area (Å²) >= 11 is 0. The largest absolute Gasteiger partial charge is 0.480 e. The molecule has 0 saturated carbocycles. The van der Waals surface area contributed by atoms with Crippen molar-refractivity contribution in [2.45, 2.75) is 6.04 Å². The summed E-state index contributed by atoms with van der Waals surface area (Å²) in [7, 11) is 0. The van der Waals surface area contributed by atoms with Crippen LogP contribution in [0.4, 0.5) is 4.39 Å². The van der Waals surface area contributed by atoms with Crippen molar-refractivity contribution in [3.8, 4) is 0 Å². The molecule has 0 aliphatic carbocycles. The van der Waals surface area contributed by atoms with Gasteiger partial charge in [0.2, 0.25) is 0 Å². The van der Waals surface area contributed by atoms with E-state index in [-0.39, 0.29) is 11.1 Å². The number of hydrogen-bond acceptors (Lipinski definition) is 3. The van der Waals surface area contributed by atoms with E-state index in [9.17, 15) is 14.0 Å². The summed E-state index contributed by atoms with van der Waals surface area (Å²) in [5, 5.41) is 17.1. The number of halogens is 1. The Morgan fingerprint density at radius 2 is 1.93 bits per heavy atom. The van der Waals surface area contributed by atoms with Gasteiger partial charge in [-0.1, -0.05) is 6.07 Å². The van der Waals surface area contributed by atoms with Gasteiger partial charge >= 0.3 is 11.9 Å². The van der Waals surface area contributed by atoms with E-state index in [1.165, 1.54) is 0 Å². The van der Waals surface area contributed by atoms with Crippen LogP contribution >= 0.6 is 0 Å². The third-order valence-corrected chi connectivity index (χ3v) is 1.85. The van der Waals surface area contributed by atoms with Gasteiger partial charge in [-0.25, -0.2) is 9.18 Å². The van der Waals surface area contributed by atoms with Crippen LogP contribution in [0.3, 0.4) is 0 Å². The van der Waals surface area contributed by atoms with E-state index in [1.54, 1.807) is 0 Å². The van der Waals surface area contributed by atoms with Gasteiger partial charge in [0.25, 0.3) is 0 Å². The van der Waals surface area contributed by atoms with Gasteiger partial charge in [0.15, 0.2) is 0 Å². The first-order valence-corrected chi connectivity index (χ1v) is 3.94. The number of aromatic carboxylic acids is 1. The van der Waals surface area contributed by atoms with E-state index >= 15 is 0 Å². The molecule has 0 heterocycles. The highest BCUT2D eigenvalue weighted by Gasteiger charge is 2.19. The number of aliphatic carboxylic acids is 1. The number of benzene rings is 1. The quantitative estimate of drug-likeness (QED) is 0.682. The van der Waals surface area contributed by atoms with Gasteiger partial charge < -0.3 is 15.9 Å². The summed E-state index contributed by atoms with van der Waals surface area (Å²) in [5.74, 6) is -3.61. The third-order valence-electron chi connectivity index (χ3n) is 1.85. The molecule has 0 aromatic heterocycles. The van der Waals surface area contributed by atoms with Crippen LogP contribution in [0.15, 0.2) is 18.2 Å². The molecule has 5 nitrogen and oxygen atoms in total. The minimum atomic E-state index is -1.49. The molecule has 0 aliphatic rings. The number of rotatable bonds is 3. The minimum Gasteiger partial charge on any atom is -0.480 e. The number of nitrogens with two attached hydrogens (primary N) is 1. The van der Waals surface area contributed by atoms with Crippen LogP contribution in [0, 0.1) is 5.82 Å². The van der Waals surface area contributed by atoms with Gasteiger partial charge in [-0.15, -0.1) is 0 Å². The molecule has 1 rings (SSSR count). The number of carboxylic acids is 2. The second kappa shape index (κ2) is 4.05. The predicted molar refractivity (Wildman–Crippen MR) is 47.9 cm³/mol. The highest BCUT2D eigenvalue weighted by Crippen LogP contribution is 2.16. The first-order valence-electron chi connectivity index (χ1n) is 3.94. The molecule has 4 N–H and O–H groups in total. The Bertz CT molecular complexity index is 419. The fourth-order valence-corrected chi connectivity index (χ4v) is 1.05. The predicted octanol–water partition coefficient (Wildman–Crippen LogP) is 0.608. The lowest BCUT2D eigenvalue weighted by Crippen LogP contribution is -2.22. The summed E-state index contributed by atoms with van der Waals surface area (Å²) in [4.78, 5) is 20.9. The van der Waals surface area contributed by atoms with E-state index in [1.807, 2.05) is 0 Å². The maximum atomic E-state index is 13.2. The molecular formula is C9H8FNO4. The van der Waals surface area contributed by atoms with Crippen molar-refractivity contribution in [3.63, 3.8) is 0 Å². The van der Waals surface area contributed by atoms with Crippen molar-refractivity contribution in [1.82, 2.24) is 0 Å². The Morgan fingerprint density at radius 1 is 1.33 bits per heavy atom. The average Bonchev–Trinajstić information content (AvgIpc) is 2.16. The fourth-order valence-electron chi connectivity index (χ4n) is 1.05. The van der Waals surface area contributed by atoms with Crippen molar-refractivity contribution in [2.24, 2.45) is 5.73 Å². The molecule has 0 radical (unpaired) electrons. The third kappa shape index (κ3) is 2.29. The molecule has 1 aromatic carbocycles. The van der Waals surface area contributed by atoms with Crippen LogP contribution in [0.2, 0.25) is 0 Å². The maximum absolute atomic E-state index is 13.2. The molecular weight excluding hydrogens is 205 g/mol. The summed E-state index contributed by atoms with van der Waals surface area (Å²) in [6.07, 6.45) is 0.